The fraction of sp³-hybridized carbons (Fsp3) is 0.333. The van der Waals surface area contributed by atoms with Crippen LogP contribution in [0.3, 0.4) is 0 Å². The van der Waals surface area contributed by atoms with E-state index in [0.717, 1.165) is 61.8 Å². The molecule has 0 aliphatic carbocycles. The Hall–Kier alpha value is -3.09. The lowest BCUT2D eigenvalue weighted by Crippen LogP contribution is -2.35. The van der Waals surface area contributed by atoms with Crippen LogP contribution in [0.15, 0.2) is 54.9 Å². The standard InChI is InChI=1S/C24H25F3N4/c1-24(26,27)19-6-2-16(3-7-19)14-17-10-12-31(13-11-17)23-21(22(28)29-15-30-23)18-4-8-20(25)9-5-18/h2-9,15,17H,10-14H2,1H3,(H2,28,29,30). The third-order valence-corrected chi connectivity index (χ3v) is 5.89. The van der Waals surface area contributed by atoms with Gasteiger partial charge in [0.15, 0.2) is 0 Å². The van der Waals surface area contributed by atoms with Gasteiger partial charge in [-0.15, -0.1) is 0 Å². The fourth-order valence-electron chi connectivity index (χ4n) is 4.14. The lowest BCUT2D eigenvalue weighted by Gasteiger charge is -2.34. The zero-order valence-corrected chi connectivity index (χ0v) is 17.4. The van der Waals surface area contributed by atoms with Gasteiger partial charge in [0, 0.05) is 25.6 Å². The first kappa shape index (κ1) is 21.2. The average Bonchev–Trinajstić information content (AvgIpc) is 2.75. The molecule has 0 spiro atoms. The van der Waals surface area contributed by atoms with Crippen molar-refractivity contribution in [1.29, 1.82) is 0 Å². The Labute approximate surface area is 179 Å². The van der Waals surface area contributed by atoms with E-state index < -0.39 is 5.92 Å². The first-order valence-corrected chi connectivity index (χ1v) is 10.4. The summed E-state index contributed by atoms with van der Waals surface area (Å²) in [5.74, 6) is -1.53. The summed E-state index contributed by atoms with van der Waals surface area (Å²) in [6.45, 7) is 2.53. The zero-order valence-electron chi connectivity index (χ0n) is 17.4. The molecule has 1 aliphatic heterocycles. The molecule has 31 heavy (non-hydrogen) atoms. The third-order valence-electron chi connectivity index (χ3n) is 5.89. The second-order valence-corrected chi connectivity index (χ2v) is 8.18. The van der Waals surface area contributed by atoms with Crippen LogP contribution in [0.25, 0.3) is 11.1 Å². The first-order chi connectivity index (χ1) is 14.8. The Bertz CT molecular complexity index is 1020. The van der Waals surface area contributed by atoms with Crippen LogP contribution < -0.4 is 10.6 Å². The van der Waals surface area contributed by atoms with E-state index in [9.17, 15) is 13.2 Å². The summed E-state index contributed by atoms with van der Waals surface area (Å²) in [5, 5.41) is 0. The summed E-state index contributed by atoms with van der Waals surface area (Å²) in [6, 6.07) is 12.8. The molecule has 0 amide bonds. The Kier molecular flexibility index (Phi) is 5.85. The van der Waals surface area contributed by atoms with E-state index in [-0.39, 0.29) is 11.4 Å². The molecule has 1 fully saturated rings. The number of hydrogen-bond donors (Lipinski definition) is 1. The summed E-state index contributed by atoms with van der Waals surface area (Å²) >= 11 is 0. The highest BCUT2D eigenvalue weighted by molar-refractivity contribution is 5.84. The van der Waals surface area contributed by atoms with Gasteiger partial charge in [-0.05, 0) is 48.4 Å². The minimum Gasteiger partial charge on any atom is -0.383 e. The van der Waals surface area contributed by atoms with Crippen LogP contribution in [0.1, 0.15) is 30.9 Å². The molecule has 1 aromatic heterocycles. The smallest absolute Gasteiger partial charge is 0.270 e. The van der Waals surface area contributed by atoms with E-state index in [1.807, 2.05) is 0 Å². The van der Waals surface area contributed by atoms with Crippen LogP contribution in [0.2, 0.25) is 0 Å². The van der Waals surface area contributed by atoms with Crippen molar-refractivity contribution in [2.75, 3.05) is 23.7 Å². The summed E-state index contributed by atoms with van der Waals surface area (Å²) in [7, 11) is 0. The predicted molar refractivity (Wildman–Crippen MR) is 116 cm³/mol. The number of nitrogen functional groups attached to an aromatic ring is 1. The molecule has 4 rings (SSSR count). The zero-order chi connectivity index (χ0) is 22.0. The van der Waals surface area contributed by atoms with Gasteiger partial charge in [0.1, 0.15) is 23.8 Å². The highest BCUT2D eigenvalue weighted by Gasteiger charge is 2.26. The van der Waals surface area contributed by atoms with Crippen molar-refractivity contribution >= 4 is 11.6 Å². The molecule has 3 aromatic rings. The van der Waals surface area contributed by atoms with Crippen LogP contribution in [0, 0.1) is 11.7 Å². The van der Waals surface area contributed by atoms with E-state index >= 15 is 0 Å². The van der Waals surface area contributed by atoms with Gasteiger partial charge < -0.3 is 10.6 Å². The van der Waals surface area contributed by atoms with Crippen molar-refractivity contribution in [3.05, 3.63) is 71.8 Å². The quantitative estimate of drug-likeness (QED) is 0.591. The van der Waals surface area contributed by atoms with Crippen molar-refractivity contribution in [3.8, 4) is 11.1 Å². The lowest BCUT2D eigenvalue weighted by atomic mass is 9.89. The summed E-state index contributed by atoms with van der Waals surface area (Å²) < 4.78 is 40.2. The summed E-state index contributed by atoms with van der Waals surface area (Å²) in [6.07, 6.45) is 4.23. The molecule has 0 atom stereocenters. The number of hydrogen-bond acceptors (Lipinski definition) is 4. The predicted octanol–water partition coefficient (Wildman–Crippen LogP) is 5.44. The fourth-order valence-corrected chi connectivity index (χ4v) is 4.14. The number of nitrogens with zero attached hydrogens (tertiary/aromatic N) is 3. The van der Waals surface area contributed by atoms with Gasteiger partial charge in [0.2, 0.25) is 0 Å². The highest BCUT2D eigenvalue weighted by Crippen LogP contribution is 2.35. The van der Waals surface area contributed by atoms with Crippen LogP contribution in [-0.4, -0.2) is 23.1 Å². The molecule has 0 radical (unpaired) electrons. The molecule has 0 unspecified atom stereocenters. The van der Waals surface area contributed by atoms with Crippen molar-refractivity contribution in [3.63, 3.8) is 0 Å². The minimum absolute atomic E-state index is 0.0424. The Morgan fingerprint density at radius 3 is 2.26 bits per heavy atom. The van der Waals surface area contributed by atoms with Crippen LogP contribution in [0.5, 0.6) is 0 Å². The number of rotatable bonds is 5. The largest absolute Gasteiger partial charge is 0.383 e. The minimum atomic E-state index is -2.81. The first-order valence-electron chi connectivity index (χ1n) is 10.4. The number of benzene rings is 2. The van der Waals surface area contributed by atoms with E-state index in [1.54, 1.807) is 24.3 Å². The molecular weight excluding hydrogens is 401 g/mol. The van der Waals surface area contributed by atoms with Gasteiger partial charge in [0.05, 0.1) is 5.56 Å². The topological polar surface area (TPSA) is 55.0 Å². The molecule has 4 nitrogen and oxygen atoms in total. The van der Waals surface area contributed by atoms with Gasteiger partial charge >= 0.3 is 0 Å². The summed E-state index contributed by atoms with van der Waals surface area (Å²) in [4.78, 5) is 10.8. The molecule has 162 valence electrons. The number of piperidine rings is 1. The van der Waals surface area contributed by atoms with Gasteiger partial charge in [0.25, 0.3) is 5.92 Å². The average molecular weight is 426 g/mol. The number of anilines is 2. The second kappa shape index (κ2) is 8.57. The van der Waals surface area contributed by atoms with Crippen molar-refractivity contribution < 1.29 is 13.2 Å². The maximum absolute atomic E-state index is 13.4. The van der Waals surface area contributed by atoms with Crippen LogP contribution in [-0.2, 0) is 12.3 Å². The van der Waals surface area contributed by atoms with E-state index in [1.165, 1.54) is 30.6 Å². The molecular formula is C24H25F3N4. The monoisotopic (exact) mass is 426 g/mol. The molecule has 7 heteroatoms. The van der Waals surface area contributed by atoms with E-state index in [2.05, 4.69) is 14.9 Å². The van der Waals surface area contributed by atoms with Crippen molar-refractivity contribution in [2.24, 2.45) is 5.92 Å². The number of halogens is 3. The Morgan fingerprint density at radius 2 is 1.65 bits per heavy atom. The Balaban J connectivity index is 1.45. The SMILES string of the molecule is CC(F)(F)c1ccc(CC2CCN(c3ncnc(N)c3-c3ccc(F)cc3)CC2)cc1. The van der Waals surface area contributed by atoms with Gasteiger partial charge in [-0.3, -0.25) is 0 Å². The molecule has 0 bridgehead atoms. The molecule has 1 aliphatic rings. The third kappa shape index (κ3) is 4.81. The van der Waals surface area contributed by atoms with Crippen molar-refractivity contribution in [1.82, 2.24) is 9.97 Å². The molecule has 2 N–H and O–H groups in total. The van der Waals surface area contributed by atoms with Gasteiger partial charge in [-0.2, -0.15) is 0 Å². The normalized spacial score (nSPS) is 15.3. The van der Waals surface area contributed by atoms with Gasteiger partial charge in [-0.25, -0.2) is 23.1 Å². The lowest BCUT2D eigenvalue weighted by molar-refractivity contribution is 0.0174. The maximum atomic E-state index is 13.4. The van der Waals surface area contributed by atoms with Crippen molar-refractivity contribution in [2.45, 2.75) is 32.1 Å². The van der Waals surface area contributed by atoms with E-state index in [0.29, 0.717) is 11.7 Å². The highest BCUT2D eigenvalue weighted by atomic mass is 19.3. The van der Waals surface area contributed by atoms with Gasteiger partial charge in [-0.1, -0.05) is 36.4 Å². The molecule has 2 heterocycles. The number of alkyl halides is 2. The molecule has 2 aromatic carbocycles. The Morgan fingerprint density at radius 1 is 1.00 bits per heavy atom. The second-order valence-electron chi connectivity index (χ2n) is 8.18. The van der Waals surface area contributed by atoms with Crippen LogP contribution in [0.4, 0.5) is 24.8 Å². The number of aromatic nitrogens is 2. The summed E-state index contributed by atoms with van der Waals surface area (Å²) in [5.41, 5.74) is 8.76. The van der Waals surface area contributed by atoms with Crippen LogP contribution >= 0.6 is 0 Å². The maximum Gasteiger partial charge on any atom is 0.270 e. The number of nitrogens with two attached hydrogens (primary N) is 1. The molecule has 1 saturated heterocycles. The molecule has 0 saturated carbocycles. The van der Waals surface area contributed by atoms with E-state index in [4.69, 9.17) is 5.73 Å².